The quantitative estimate of drug-likeness (QED) is 0.553. The molecule has 0 bridgehead atoms. The fourth-order valence-corrected chi connectivity index (χ4v) is 3.87. The summed E-state index contributed by atoms with van der Waals surface area (Å²) in [5.41, 5.74) is 1.70. The average molecular weight is 422 g/mol. The van der Waals surface area contributed by atoms with Gasteiger partial charge in [-0.15, -0.1) is 0 Å². The van der Waals surface area contributed by atoms with Crippen LogP contribution in [0.2, 0.25) is 10.0 Å². The minimum absolute atomic E-state index is 0.171. The summed E-state index contributed by atoms with van der Waals surface area (Å²) in [5, 5.41) is 0.846. The summed E-state index contributed by atoms with van der Waals surface area (Å²) in [6, 6.07) is 12.5. The van der Waals surface area contributed by atoms with Crippen molar-refractivity contribution in [2.75, 3.05) is 0 Å². The van der Waals surface area contributed by atoms with Crippen LogP contribution in [0.25, 0.3) is 6.08 Å². The molecule has 2 aromatic carbocycles. The normalized spacial score (nSPS) is 15.9. The van der Waals surface area contributed by atoms with Gasteiger partial charge in [-0.05, 0) is 67.1 Å². The Labute approximate surface area is 172 Å². The average Bonchev–Trinajstić information content (AvgIpc) is 2.89. The number of imide groups is 1. The molecule has 7 heteroatoms. The molecule has 0 radical (unpaired) electrons. The maximum Gasteiger partial charge on any atom is 0.293 e. The lowest BCUT2D eigenvalue weighted by molar-refractivity contribution is -0.123. The van der Waals surface area contributed by atoms with E-state index in [9.17, 15) is 9.59 Å². The number of rotatable bonds is 5. The Hall–Kier alpha value is -1.95. The molecule has 2 aromatic rings. The lowest BCUT2D eigenvalue weighted by atomic mass is 10.2. The number of carbonyl (C=O) groups excluding carboxylic acids is 2. The molecule has 2 amide bonds. The topological polar surface area (TPSA) is 46.6 Å². The zero-order chi connectivity index (χ0) is 19.6. The molecule has 0 aliphatic carbocycles. The summed E-state index contributed by atoms with van der Waals surface area (Å²) in [4.78, 5) is 25.9. The summed E-state index contributed by atoms with van der Waals surface area (Å²) < 4.78 is 5.74. The largest absolute Gasteiger partial charge is 0.487 e. The summed E-state index contributed by atoms with van der Waals surface area (Å²) in [7, 11) is 0. The Morgan fingerprint density at radius 3 is 2.41 bits per heavy atom. The van der Waals surface area contributed by atoms with E-state index in [4.69, 9.17) is 27.9 Å². The van der Waals surface area contributed by atoms with E-state index in [0.717, 1.165) is 22.9 Å². The number of benzene rings is 2. The Morgan fingerprint density at radius 1 is 1.11 bits per heavy atom. The third kappa shape index (κ3) is 4.67. The number of ether oxygens (including phenoxy) is 1. The van der Waals surface area contributed by atoms with Gasteiger partial charge >= 0.3 is 0 Å². The molecule has 0 N–H and O–H groups in total. The van der Waals surface area contributed by atoms with Gasteiger partial charge in [0.2, 0.25) is 0 Å². The minimum Gasteiger partial charge on any atom is -0.487 e. The Kier molecular flexibility index (Phi) is 6.15. The molecule has 0 spiro atoms. The molecule has 1 aliphatic rings. The smallest absolute Gasteiger partial charge is 0.293 e. The lowest BCUT2D eigenvalue weighted by Gasteiger charge is -2.16. The molecule has 1 aliphatic heterocycles. The third-order valence-electron chi connectivity index (χ3n) is 3.90. The summed E-state index contributed by atoms with van der Waals surface area (Å²) >= 11 is 13.1. The van der Waals surface area contributed by atoms with Crippen LogP contribution in [0.3, 0.4) is 0 Å². The van der Waals surface area contributed by atoms with Crippen molar-refractivity contribution in [1.82, 2.24) is 4.90 Å². The molecule has 0 aromatic heterocycles. The third-order valence-corrected chi connectivity index (χ3v) is 5.33. The van der Waals surface area contributed by atoms with E-state index in [2.05, 4.69) is 0 Å². The molecule has 1 fully saturated rings. The van der Waals surface area contributed by atoms with Crippen LogP contribution in [0.1, 0.15) is 25.0 Å². The lowest BCUT2D eigenvalue weighted by Crippen LogP contribution is -2.34. The predicted molar refractivity (Wildman–Crippen MR) is 110 cm³/mol. The van der Waals surface area contributed by atoms with Gasteiger partial charge in [-0.3, -0.25) is 14.5 Å². The van der Waals surface area contributed by atoms with Crippen LogP contribution < -0.4 is 4.74 Å². The van der Waals surface area contributed by atoms with Gasteiger partial charge in [0.1, 0.15) is 12.4 Å². The second-order valence-electron chi connectivity index (χ2n) is 6.25. The van der Waals surface area contributed by atoms with Gasteiger partial charge in [0, 0.05) is 11.1 Å². The van der Waals surface area contributed by atoms with Gasteiger partial charge in [0.25, 0.3) is 11.1 Å². The van der Waals surface area contributed by atoms with Gasteiger partial charge in [-0.2, -0.15) is 0 Å². The van der Waals surface area contributed by atoms with Gasteiger partial charge in [0.05, 0.1) is 9.93 Å². The van der Waals surface area contributed by atoms with Crippen LogP contribution in [0, 0.1) is 0 Å². The van der Waals surface area contributed by atoms with Crippen LogP contribution >= 0.6 is 35.0 Å². The zero-order valence-corrected chi connectivity index (χ0v) is 17.1. The van der Waals surface area contributed by atoms with Gasteiger partial charge in [0.15, 0.2) is 0 Å². The zero-order valence-electron chi connectivity index (χ0n) is 14.7. The van der Waals surface area contributed by atoms with Gasteiger partial charge < -0.3 is 4.74 Å². The molecule has 27 heavy (non-hydrogen) atoms. The fourth-order valence-electron chi connectivity index (χ4n) is 2.54. The maximum absolute atomic E-state index is 12.3. The van der Waals surface area contributed by atoms with Gasteiger partial charge in [-0.25, -0.2) is 0 Å². The van der Waals surface area contributed by atoms with E-state index in [1.807, 2.05) is 26.0 Å². The molecule has 1 heterocycles. The fraction of sp³-hybridized carbons (Fsp3) is 0.200. The Morgan fingerprint density at radius 2 is 1.81 bits per heavy atom. The molecule has 0 unspecified atom stereocenters. The molecule has 3 rings (SSSR count). The molecular formula is C20H17Cl2NO3S. The standard InChI is InChI=1S/C20H17Cl2NO3S/c1-12(2)23-19(24)18(27-20(23)25)10-14-5-8-17(16(22)9-14)26-11-13-3-6-15(21)7-4-13/h3-10,12H,11H2,1-2H3/b18-10-. The SMILES string of the molecule is CC(C)N1C(=O)S/C(=C\c2ccc(OCc3ccc(Cl)cc3)c(Cl)c2)C1=O. The number of nitrogens with zero attached hydrogens (tertiary/aromatic N) is 1. The van der Waals surface area contributed by atoms with E-state index >= 15 is 0 Å². The number of amides is 2. The van der Waals surface area contributed by atoms with Crippen LogP contribution in [0.5, 0.6) is 5.75 Å². The van der Waals surface area contributed by atoms with Crippen molar-refractivity contribution in [2.45, 2.75) is 26.5 Å². The van der Waals surface area contributed by atoms with Crippen molar-refractivity contribution in [3.8, 4) is 5.75 Å². The second kappa shape index (κ2) is 8.38. The van der Waals surface area contributed by atoms with Crippen LogP contribution in [-0.2, 0) is 11.4 Å². The van der Waals surface area contributed by atoms with E-state index in [0.29, 0.717) is 27.3 Å². The minimum atomic E-state index is -0.279. The first-order chi connectivity index (χ1) is 12.8. The molecule has 0 atom stereocenters. The summed E-state index contributed by atoms with van der Waals surface area (Å²) in [6.07, 6.45) is 1.67. The number of hydrogen-bond acceptors (Lipinski definition) is 4. The highest BCUT2D eigenvalue weighted by molar-refractivity contribution is 8.18. The van der Waals surface area contributed by atoms with Crippen molar-refractivity contribution in [1.29, 1.82) is 0 Å². The van der Waals surface area contributed by atoms with Crippen molar-refractivity contribution in [2.24, 2.45) is 0 Å². The van der Waals surface area contributed by atoms with E-state index < -0.39 is 0 Å². The summed E-state index contributed by atoms with van der Waals surface area (Å²) in [5.74, 6) is 0.262. The van der Waals surface area contributed by atoms with Crippen LogP contribution in [0.15, 0.2) is 47.4 Å². The molecule has 4 nitrogen and oxygen atoms in total. The van der Waals surface area contributed by atoms with E-state index in [-0.39, 0.29) is 17.2 Å². The highest BCUT2D eigenvalue weighted by Crippen LogP contribution is 2.34. The number of hydrogen-bond donors (Lipinski definition) is 0. The Balaban J connectivity index is 1.72. The molecule has 1 saturated heterocycles. The van der Waals surface area contributed by atoms with Crippen molar-refractivity contribution in [3.05, 3.63) is 68.5 Å². The van der Waals surface area contributed by atoms with Gasteiger partial charge in [-0.1, -0.05) is 41.4 Å². The second-order valence-corrected chi connectivity index (χ2v) is 8.09. The number of halogens is 2. The first-order valence-corrected chi connectivity index (χ1v) is 9.86. The maximum atomic E-state index is 12.3. The molecule has 140 valence electrons. The van der Waals surface area contributed by atoms with Crippen LogP contribution in [0.4, 0.5) is 4.79 Å². The monoisotopic (exact) mass is 421 g/mol. The predicted octanol–water partition coefficient (Wildman–Crippen LogP) is 6.02. The first kappa shape index (κ1) is 19.8. The number of thioether (sulfide) groups is 1. The van der Waals surface area contributed by atoms with E-state index in [1.54, 1.807) is 36.4 Å². The van der Waals surface area contributed by atoms with Crippen molar-refractivity contribution >= 4 is 52.2 Å². The highest BCUT2D eigenvalue weighted by atomic mass is 35.5. The summed E-state index contributed by atoms with van der Waals surface area (Å²) in [6.45, 7) is 3.98. The first-order valence-electron chi connectivity index (χ1n) is 8.29. The molecular weight excluding hydrogens is 405 g/mol. The number of carbonyl (C=O) groups is 2. The van der Waals surface area contributed by atoms with Crippen molar-refractivity contribution in [3.63, 3.8) is 0 Å². The highest BCUT2D eigenvalue weighted by Gasteiger charge is 2.36. The van der Waals surface area contributed by atoms with Crippen molar-refractivity contribution < 1.29 is 14.3 Å². The van der Waals surface area contributed by atoms with Crippen LogP contribution in [-0.4, -0.2) is 22.1 Å². The van der Waals surface area contributed by atoms with E-state index in [1.165, 1.54) is 4.90 Å². The Bertz CT molecular complexity index is 910. The molecule has 0 saturated carbocycles.